The number of ether oxygens (including phenoxy) is 1. The van der Waals surface area contributed by atoms with E-state index in [2.05, 4.69) is 76.1 Å². The van der Waals surface area contributed by atoms with Gasteiger partial charge in [-0.1, -0.05) is 6.92 Å². The number of piperidine rings is 1. The minimum absolute atomic E-state index is 0.0721. The Morgan fingerprint density at radius 2 is 1.94 bits per heavy atom. The van der Waals surface area contributed by atoms with Crippen LogP contribution in [0.2, 0.25) is 0 Å². The van der Waals surface area contributed by atoms with Crippen molar-refractivity contribution in [3.8, 4) is 11.4 Å². The van der Waals surface area contributed by atoms with Crippen molar-refractivity contribution in [2.75, 3.05) is 17.7 Å². The number of hydrogen-bond donors (Lipinski definition) is 3. The lowest BCUT2D eigenvalue weighted by Gasteiger charge is -2.46. The van der Waals surface area contributed by atoms with Crippen LogP contribution < -0.4 is 20.7 Å². The molecule has 2 aromatic heterocycles. The summed E-state index contributed by atoms with van der Waals surface area (Å²) in [7, 11) is 1.60. The summed E-state index contributed by atoms with van der Waals surface area (Å²) in [5, 5.41) is 22.2. The van der Waals surface area contributed by atoms with Gasteiger partial charge in [-0.05, 0) is 75.6 Å². The average molecular weight is 484 g/mol. The molecule has 0 radical (unpaired) electrons. The molecule has 1 saturated heterocycles. The van der Waals surface area contributed by atoms with Crippen LogP contribution in [0, 0.1) is 5.82 Å². The molecule has 1 fully saturated rings. The highest BCUT2D eigenvalue weighted by Gasteiger charge is 2.38. The third kappa shape index (κ3) is 5.84. The van der Waals surface area contributed by atoms with Crippen molar-refractivity contribution in [2.45, 2.75) is 77.4 Å². The van der Waals surface area contributed by atoms with Crippen LogP contribution in [0.25, 0.3) is 5.69 Å². The number of rotatable bonds is 8. The predicted molar refractivity (Wildman–Crippen MR) is 133 cm³/mol. The summed E-state index contributed by atoms with van der Waals surface area (Å²) in [6.45, 7) is 10.7. The van der Waals surface area contributed by atoms with Gasteiger partial charge >= 0.3 is 0 Å². The standard InChI is InChI=1S/C24H34FN9O/c1-7-8-20-30-32-33-34(20)18-11-15(9-10-19(18)35-6)28-22-26-14-17(25)21(29-22)27-16-12-23(2,3)31-24(4,5)13-16/h9-11,14,16,31H,7-8,12-13H2,1-6H3,(H2,26,27,28,29). The molecule has 0 aliphatic carbocycles. The first-order valence-electron chi connectivity index (χ1n) is 11.9. The fourth-order valence-electron chi connectivity index (χ4n) is 4.98. The molecule has 0 atom stereocenters. The van der Waals surface area contributed by atoms with Gasteiger partial charge in [0.25, 0.3) is 0 Å². The van der Waals surface area contributed by atoms with E-state index in [0.717, 1.165) is 31.5 Å². The third-order valence-corrected chi connectivity index (χ3v) is 5.95. The summed E-state index contributed by atoms with van der Waals surface area (Å²) in [5.41, 5.74) is 1.23. The number of halogens is 1. The molecule has 3 N–H and O–H groups in total. The fraction of sp³-hybridized carbons (Fsp3) is 0.542. The maximum Gasteiger partial charge on any atom is 0.229 e. The number of methoxy groups -OCH3 is 1. The zero-order valence-corrected chi connectivity index (χ0v) is 21.2. The Labute approximate surface area is 205 Å². The van der Waals surface area contributed by atoms with Crippen LogP contribution in [0.3, 0.4) is 0 Å². The zero-order valence-electron chi connectivity index (χ0n) is 21.2. The molecule has 35 heavy (non-hydrogen) atoms. The van der Waals surface area contributed by atoms with E-state index in [4.69, 9.17) is 4.74 Å². The van der Waals surface area contributed by atoms with Gasteiger partial charge in [0.2, 0.25) is 5.95 Å². The maximum atomic E-state index is 14.6. The zero-order chi connectivity index (χ0) is 25.2. The number of aryl methyl sites for hydroxylation is 1. The van der Waals surface area contributed by atoms with Crippen LogP contribution in [0.5, 0.6) is 5.75 Å². The lowest BCUT2D eigenvalue weighted by molar-refractivity contribution is 0.170. The first-order chi connectivity index (χ1) is 16.6. The van der Waals surface area contributed by atoms with E-state index in [9.17, 15) is 4.39 Å². The Balaban J connectivity index is 1.57. The highest BCUT2D eigenvalue weighted by Crippen LogP contribution is 2.31. The Morgan fingerprint density at radius 1 is 1.20 bits per heavy atom. The van der Waals surface area contributed by atoms with Gasteiger partial charge in [-0.25, -0.2) is 9.37 Å². The smallest absolute Gasteiger partial charge is 0.229 e. The van der Waals surface area contributed by atoms with Crippen LogP contribution in [0.4, 0.5) is 21.8 Å². The fourth-order valence-corrected chi connectivity index (χ4v) is 4.98. The molecule has 3 heterocycles. The van der Waals surface area contributed by atoms with E-state index in [1.54, 1.807) is 11.8 Å². The summed E-state index contributed by atoms with van der Waals surface area (Å²) in [4.78, 5) is 8.57. The van der Waals surface area contributed by atoms with Crippen molar-refractivity contribution in [3.05, 3.63) is 36.0 Å². The quantitative estimate of drug-likeness (QED) is 0.437. The molecule has 0 unspecified atom stereocenters. The number of nitrogens with zero attached hydrogens (tertiary/aromatic N) is 6. The topological polar surface area (TPSA) is 115 Å². The molecule has 1 aliphatic rings. The van der Waals surface area contributed by atoms with Crippen LogP contribution in [-0.4, -0.2) is 54.4 Å². The van der Waals surface area contributed by atoms with Gasteiger partial charge in [-0.3, -0.25) is 0 Å². The van der Waals surface area contributed by atoms with Gasteiger partial charge in [0.05, 0.1) is 13.3 Å². The number of aromatic nitrogens is 6. The first-order valence-corrected chi connectivity index (χ1v) is 11.9. The van der Waals surface area contributed by atoms with E-state index < -0.39 is 5.82 Å². The molecule has 1 aromatic carbocycles. The molecule has 0 spiro atoms. The molecule has 11 heteroatoms. The van der Waals surface area contributed by atoms with E-state index in [-0.39, 0.29) is 28.9 Å². The van der Waals surface area contributed by atoms with Crippen LogP contribution in [-0.2, 0) is 6.42 Å². The lowest BCUT2D eigenvalue weighted by atomic mass is 9.79. The van der Waals surface area contributed by atoms with E-state index in [1.807, 2.05) is 18.2 Å². The molecule has 1 aliphatic heterocycles. The van der Waals surface area contributed by atoms with Gasteiger partial charge in [-0.2, -0.15) is 9.67 Å². The van der Waals surface area contributed by atoms with Crippen molar-refractivity contribution in [3.63, 3.8) is 0 Å². The molecule has 10 nitrogen and oxygen atoms in total. The second kappa shape index (κ2) is 9.73. The van der Waals surface area contributed by atoms with Gasteiger partial charge < -0.3 is 20.7 Å². The minimum atomic E-state index is -0.488. The number of nitrogens with one attached hydrogen (secondary N) is 3. The maximum absolute atomic E-state index is 14.6. The van der Waals surface area contributed by atoms with Crippen molar-refractivity contribution in [2.24, 2.45) is 0 Å². The highest BCUT2D eigenvalue weighted by molar-refractivity contribution is 5.63. The summed E-state index contributed by atoms with van der Waals surface area (Å²) in [6.07, 6.45) is 4.51. The second-order valence-corrected chi connectivity index (χ2v) is 10.3. The summed E-state index contributed by atoms with van der Waals surface area (Å²) < 4.78 is 21.8. The summed E-state index contributed by atoms with van der Waals surface area (Å²) >= 11 is 0. The second-order valence-electron chi connectivity index (χ2n) is 10.3. The monoisotopic (exact) mass is 483 g/mol. The van der Waals surface area contributed by atoms with Crippen molar-refractivity contribution in [1.82, 2.24) is 35.5 Å². The number of hydrogen-bond acceptors (Lipinski definition) is 9. The van der Waals surface area contributed by atoms with Crippen molar-refractivity contribution >= 4 is 17.5 Å². The Bertz CT molecular complexity index is 1160. The molecular weight excluding hydrogens is 449 g/mol. The molecule has 188 valence electrons. The van der Waals surface area contributed by atoms with E-state index in [1.165, 1.54) is 6.20 Å². The molecule has 3 aromatic rings. The van der Waals surface area contributed by atoms with Gasteiger partial charge in [0.15, 0.2) is 17.5 Å². The van der Waals surface area contributed by atoms with E-state index >= 15 is 0 Å². The number of benzene rings is 1. The SMILES string of the molecule is CCCc1nnnn1-c1cc(Nc2ncc(F)c(NC3CC(C)(C)NC(C)(C)C3)n2)ccc1OC. The Kier molecular flexibility index (Phi) is 6.88. The highest BCUT2D eigenvalue weighted by atomic mass is 19.1. The molecule has 0 saturated carbocycles. The van der Waals surface area contributed by atoms with Gasteiger partial charge in [0.1, 0.15) is 11.4 Å². The first kappa shape index (κ1) is 24.8. The molecule has 0 amide bonds. The minimum Gasteiger partial charge on any atom is -0.494 e. The normalized spacial score (nSPS) is 17.2. The molecule has 4 rings (SSSR count). The summed E-state index contributed by atoms with van der Waals surface area (Å²) in [5.74, 6) is 1.33. The predicted octanol–water partition coefficient (Wildman–Crippen LogP) is 4.02. The Hall–Kier alpha value is -3.34. The van der Waals surface area contributed by atoms with Crippen LogP contribution in [0.1, 0.15) is 59.7 Å². The number of tetrazole rings is 1. The van der Waals surface area contributed by atoms with Crippen molar-refractivity contribution in [1.29, 1.82) is 0 Å². The molecular formula is C24H34FN9O. The lowest BCUT2D eigenvalue weighted by Crippen LogP contribution is -2.60. The van der Waals surface area contributed by atoms with E-state index in [0.29, 0.717) is 17.1 Å². The Morgan fingerprint density at radius 3 is 2.63 bits per heavy atom. The van der Waals surface area contributed by atoms with Crippen molar-refractivity contribution < 1.29 is 9.13 Å². The average Bonchev–Trinajstić information content (AvgIpc) is 3.22. The third-order valence-electron chi connectivity index (χ3n) is 5.95. The number of anilines is 3. The summed E-state index contributed by atoms with van der Waals surface area (Å²) in [6, 6.07) is 5.58. The van der Waals surface area contributed by atoms with Gasteiger partial charge in [0, 0.05) is 29.2 Å². The van der Waals surface area contributed by atoms with Crippen LogP contribution >= 0.6 is 0 Å². The largest absolute Gasteiger partial charge is 0.494 e. The van der Waals surface area contributed by atoms with Gasteiger partial charge in [-0.15, -0.1) is 5.10 Å². The molecule has 0 bridgehead atoms. The van der Waals surface area contributed by atoms with Crippen LogP contribution in [0.15, 0.2) is 24.4 Å².